The Morgan fingerprint density at radius 1 is 1.03 bits per heavy atom. The molecule has 1 amide bonds. The van der Waals surface area contributed by atoms with Crippen LogP contribution >= 0.6 is 0 Å². The Kier molecular flexibility index (Phi) is 9.20. The van der Waals surface area contributed by atoms with E-state index < -0.39 is 15.9 Å². The molecule has 2 aromatic carbocycles. The van der Waals surface area contributed by atoms with Crippen LogP contribution in [0.4, 0.5) is 11.5 Å². The predicted molar refractivity (Wildman–Crippen MR) is 141 cm³/mol. The van der Waals surface area contributed by atoms with Crippen molar-refractivity contribution in [2.75, 3.05) is 57.7 Å². The quantitative estimate of drug-likeness (QED) is 0.348. The number of benzene rings is 2. The highest BCUT2D eigenvalue weighted by Gasteiger charge is 2.19. The van der Waals surface area contributed by atoms with E-state index in [2.05, 4.69) is 25.3 Å². The van der Waals surface area contributed by atoms with Crippen LogP contribution < -0.4 is 25.8 Å². The van der Waals surface area contributed by atoms with Crippen LogP contribution in [0.3, 0.4) is 0 Å². The van der Waals surface area contributed by atoms with Crippen LogP contribution in [0, 0.1) is 0 Å². The summed E-state index contributed by atoms with van der Waals surface area (Å²) in [5.41, 5.74) is 8.14. The largest absolute Gasteiger partial charge is 0.489 e. The topological polar surface area (TPSA) is 167 Å². The molecule has 0 spiro atoms. The molecule has 2 aliphatic rings. The zero-order chi connectivity index (χ0) is 27.0. The first-order valence-corrected chi connectivity index (χ1v) is 13.5. The summed E-state index contributed by atoms with van der Waals surface area (Å²) < 4.78 is 44.7. The number of aromatic nitrogens is 2. The smallest absolute Gasteiger partial charge is 0.278 e. The molecule has 0 saturated carbocycles. The number of nitrogens with zero attached hydrogens (tertiary/aromatic N) is 2. The lowest BCUT2D eigenvalue weighted by atomic mass is 10.1. The molecular formula is C25H30N6O6S. The van der Waals surface area contributed by atoms with Gasteiger partial charge in [-0.2, -0.15) is 0 Å². The fourth-order valence-electron chi connectivity index (χ4n) is 3.73. The number of anilines is 2. The lowest BCUT2D eigenvalue weighted by Crippen LogP contribution is -2.28. The molecule has 0 radical (unpaired) electrons. The minimum Gasteiger partial charge on any atom is -0.489 e. The number of nitrogen functional groups attached to an aromatic ring is 1. The van der Waals surface area contributed by atoms with E-state index in [9.17, 15) is 13.2 Å². The van der Waals surface area contributed by atoms with Gasteiger partial charge < -0.3 is 30.6 Å². The van der Waals surface area contributed by atoms with Crippen LogP contribution in [0.25, 0.3) is 11.3 Å². The second-order valence-electron chi connectivity index (χ2n) is 8.26. The molecule has 38 heavy (non-hydrogen) atoms. The van der Waals surface area contributed by atoms with Gasteiger partial charge in [0, 0.05) is 24.2 Å². The molecule has 5 rings (SSSR count). The molecule has 202 valence electrons. The SMILES string of the molecule is CNCc1cccc2c1OCCOCCOCCNS(=O)(=O)c1ccc(cc1)-c1cnc(N)c(n1)C(=O)N2. The summed E-state index contributed by atoms with van der Waals surface area (Å²) in [6, 6.07) is 11.5. The average molecular weight is 543 g/mol. The third-order valence-corrected chi connectivity index (χ3v) is 7.05. The number of rotatable bonds is 2. The monoisotopic (exact) mass is 542 g/mol. The highest BCUT2D eigenvalue weighted by Crippen LogP contribution is 2.30. The summed E-state index contributed by atoms with van der Waals surface area (Å²) in [7, 11) is -1.91. The fourth-order valence-corrected chi connectivity index (χ4v) is 4.74. The van der Waals surface area contributed by atoms with Gasteiger partial charge in [-0.15, -0.1) is 0 Å². The zero-order valence-corrected chi connectivity index (χ0v) is 21.7. The van der Waals surface area contributed by atoms with E-state index >= 15 is 0 Å². The lowest BCUT2D eigenvalue weighted by Gasteiger charge is -2.17. The molecule has 1 aromatic heterocycles. The fraction of sp³-hybridized carbons (Fsp3) is 0.320. The Bertz CT molecular complexity index is 1370. The Hall–Kier alpha value is -3.62. The van der Waals surface area contributed by atoms with Gasteiger partial charge in [-0.05, 0) is 25.2 Å². The van der Waals surface area contributed by atoms with E-state index in [0.29, 0.717) is 42.5 Å². The highest BCUT2D eigenvalue weighted by atomic mass is 32.2. The second kappa shape index (κ2) is 12.8. The third-order valence-electron chi connectivity index (χ3n) is 5.57. The number of para-hydroxylation sites is 1. The van der Waals surface area contributed by atoms with Crippen LogP contribution in [0.1, 0.15) is 16.1 Å². The molecule has 0 atom stereocenters. The van der Waals surface area contributed by atoms with Crippen LogP contribution in [0.5, 0.6) is 5.75 Å². The third kappa shape index (κ3) is 6.82. The summed E-state index contributed by atoms with van der Waals surface area (Å²) >= 11 is 0. The molecular weight excluding hydrogens is 512 g/mol. The molecule has 0 fully saturated rings. The van der Waals surface area contributed by atoms with E-state index in [1.165, 1.54) is 18.3 Å². The van der Waals surface area contributed by atoms with Gasteiger partial charge in [-0.3, -0.25) is 4.79 Å². The Morgan fingerprint density at radius 2 is 1.76 bits per heavy atom. The van der Waals surface area contributed by atoms with E-state index in [4.69, 9.17) is 19.9 Å². The molecule has 3 heterocycles. The Morgan fingerprint density at radius 3 is 2.53 bits per heavy atom. The Balaban J connectivity index is 1.67. The number of fused-ring (bicyclic) bond motifs is 13. The van der Waals surface area contributed by atoms with Gasteiger partial charge in [-0.1, -0.05) is 24.3 Å². The summed E-state index contributed by atoms with van der Waals surface area (Å²) in [6.07, 6.45) is 1.42. The molecule has 12 nitrogen and oxygen atoms in total. The maximum atomic E-state index is 13.2. The first kappa shape index (κ1) is 27.4. The minimum atomic E-state index is -3.73. The summed E-state index contributed by atoms with van der Waals surface area (Å²) in [5.74, 6) is -0.112. The number of carbonyl (C=O) groups excluding carboxylic acids is 1. The van der Waals surface area contributed by atoms with Crippen molar-refractivity contribution < 1.29 is 27.4 Å². The van der Waals surface area contributed by atoms with E-state index in [0.717, 1.165) is 5.56 Å². The normalized spacial score (nSPS) is 16.8. The molecule has 3 aromatic rings. The molecule has 13 heteroatoms. The Labute approximate surface area is 221 Å². The van der Waals surface area contributed by atoms with Gasteiger partial charge in [0.1, 0.15) is 12.4 Å². The molecule has 0 unspecified atom stereocenters. The van der Waals surface area contributed by atoms with Crippen molar-refractivity contribution in [3.8, 4) is 17.0 Å². The van der Waals surface area contributed by atoms with Crippen molar-refractivity contribution in [2.24, 2.45) is 0 Å². The van der Waals surface area contributed by atoms with Gasteiger partial charge in [0.15, 0.2) is 11.5 Å². The van der Waals surface area contributed by atoms with Gasteiger partial charge in [0.2, 0.25) is 10.0 Å². The van der Waals surface area contributed by atoms with Gasteiger partial charge in [-0.25, -0.2) is 23.1 Å². The minimum absolute atomic E-state index is 0.0476. The molecule has 0 aliphatic carbocycles. The summed E-state index contributed by atoms with van der Waals surface area (Å²) in [4.78, 5) is 21.8. The van der Waals surface area contributed by atoms with Gasteiger partial charge >= 0.3 is 0 Å². The maximum absolute atomic E-state index is 13.2. The number of hydrogen-bond acceptors (Lipinski definition) is 10. The van der Waals surface area contributed by atoms with Gasteiger partial charge in [0.05, 0.1) is 48.9 Å². The van der Waals surface area contributed by atoms with Crippen molar-refractivity contribution in [3.63, 3.8) is 0 Å². The van der Waals surface area contributed by atoms with Crippen LogP contribution in [-0.4, -0.2) is 70.9 Å². The molecule has 0 saturated heterocycles. The molecule has 4 bridgehead atoms. The number of ether oxygens (including phenoxy) is 3. The first-order valence-electron chi connectivity index (χ1n) is 12.0. The second-order valence-corrected chi connectivity index (χ2v) is 10.0. The van der Waals surface area contributed by atoms with Crippen molar-refractivity contribution in [2.45, 2.75) is 11.4 Å². The lowest BCUT2D eigenvalue weighted by molar-refractivity contribution is 0.0381. The molecule has 5 N–H and O–H groups in total. The number of nitrogens with one attached hydrogen (secondary N) is 3. The van der Waals surface area contributed by atoms with E-state index in [-0.39, 0.29) is 42.8 Å². The molecule has 2 aliphatic heterocycles. The van der Waals surface area contributed by atoms with Crippen LogP contribution in [-0.2, 0) is 26.0 Å². The predicted octanol–water partition coefficient (Wildman–Crippen LogP) is 1.40. The first-order chi connectivity index (χ1) is 18.4. The van der Waals surface area contributed by atoms with Crippen molar-refractivity contribution in [1.29, 1.82) is 0 Å². The number of hydrogen-bond donors (Lipinski definition) is 4. The number of carbonyl (C=O) groups is 1. The number of nitrogens with two attached hydrogens (primary N) is 1. The van der Waals surface area contributed by atoms with Crippen molar-refractivity contribution in [1.82, 2.24) is 20.0 Å². The maximum Gasteiger partial charge on any atom is 0.278 e. The van der Waals surface area contributed by atoms with Crippen LogP contribution in [0.2, 0.25) is 0 Å². The summed E-state index contributed by atoms with van der Waals surface area (Å²) in [6.45, 7) is 1.96. The summed E-state index contributed by atoms with van der Waals surface area (Å²) in [5, 5.41) is 5.92. The van der Waals surface area contributed by atoms with Crippen LogP contribution in [0.15, 0.2) is 53.6 Å². The number of sulfonamides is 1. The standard InChI is InChI=1S/C25H30N6O6S/c1-27-15-18-3-2-4-20-23(18)37-14-13-36-12-11-35-10-9-29-38(33,34)19-7-5-17(6-8-19)21-16-28-24(26)22(30-21)25(32)31-20/h2-8,16,27,29H,9-15H2,1H3,(H2,26,28)(H,31,32). The van der Waals surface area contributed by atoms with Gasteiger partial charge in [0.25, 0.3) is 5.91 Å². The van der Waals surface area contributed by atoms with Crippen molar-refractivity contribution in [3.05, 3.63) is 59.9 Å². The number of amides is 1. The van der Waals surface area contributed by atoms with E-state index in [1.54, 1.807) is 18.2 Å². The zero-order valence-electron chi connectivity index (χ0n) is 20.9. The average Bonchev–Trinajstić information content (AvgIpc) is 2.91. The van der Waals surface area contributed by atoms with E-state index in [1.807, 2.05) is 19.2 Å². The highest BCUT2D eigenvalue weighted by molar-refractivity contribution is 7.89. The van der Waals surface area contributed by atoms with Crippen molar-refractivity contribution >= 4 is 27.4 Å².